The van der Waals surface area contributed by atoms with Gasteiger partial charge in [-0.2, -0.15) is 5.10 Å². The van der Waals surface area contributed by atoms with Crippen LogP contribution < -0.4 is 0 Å². The molecule has 1 fully saturated rings. The number of amides is 1. The minimum absolute atomic E-state index is 0.0217. The van der Waals surface area contributed by atoms with Crippen LogP contribution in [0, 0.1) is 0 Å². The highest BCUT2D eigenvalue weighted by Crippen LogP contribution is 2.20. The second-order valence-electron chi connectivity index (χ2n) is 5.15. The van der Waals surface area contributed by atoms with Gasteiger partial charge < -0.3 is 9.64 Å². The Morgan fingerprint density at radius 2 is 2.14 bits per heavy atom. The summed E-state index contributed by atoms with van der Waals surface area (Å²) in [6.45, 7) is 4.47. The van der Waals surface area contributed by atoms with Gasteiger partial charge in [-0.15, -0.1) is 0 Å². The van der Waals surface area contributed by atoms with Gasteiger partial charge in [0.15, 0.2) is 0 Å². The molecule has 1 aromatic carbocycles. The van der Waals surface area contributed by atoms with Gasteiger partial charge in [0.05, 0.1) is 36.4 Å². The number of hydrogen-bond donors (Lipinski definition) is 0. The van der Waals surface area contributed by atoms with Crippen molar-refractivity contribution >= 4 is 17.5 Å². The van der Waals surface area contributed by atoms with Crippen molar-refractivity contribution in [2.45, 2.75) is 13.3 Å². The van der Waals surface area contributed by atoms with Crippen LogP contribution in [0.1, 0.15) is 23.0 Å². The lowest BCUT2D eigenvalue weighted by molar-refractivity contribution is 0.0302. The monoisotopic (exact) mass is 319 g/mol. The van der Waals surface area contributed by atoms with Crippen LogP contribution in [0.3, 0.4) is 0 Å². The Kier molecular flexibility index (Phi) is 4.45. The van der Waals surface area contributed by atoms with Gasteiger partial charge in [0.25, 0.3) is 5.91 Å². The molecule has 1 aliphatic rings. The second-order valence-corrected chi connectivity index (χ2v) is 5.59. The molecule has 3 rings (SSSR count). The zero-order valence-electron chi connectivity index (χ0n) is 12.5. The number of morpholine rings is 1. The van der Waals surface area contributed by atoms with Crippen molar-refractivity contribution < 1.29 is 9.53 Å². The number of hydrogen-bond acceptors (Lipinski definition) is 3. The number of rotatable bonds is 3. The summed E-state index contributed by atoms with van der Waals surface area (Å²) in [4.78, 5) is 14.5. The molecule has 6 heteroatoms. The van der Waals surface area contributed by atoms with E-state index in [9.17, 15) is 4.79 Å². The van der Waals surface area contributed by atoms with Crippen LogP contribution in [-0.2, 0) is 11.2 Å². The molecular formula is C16H18ClN3O2. The highest BCUT2D eigenvalue weighted by Gasteiger charge is 2.23. The SMILES string of the molecule is CCc1c(C(=O)N2CCOCC2)cnn1-c1cccc(Cl)c1. The summed E-state index contributed by atoms with van der Waals surface area (Å²) in [6, 6.07) is 7.47. The first-order valence-corrected chi connectivity index (χ1v) is 7.78. The highest BCUT2D eigenvalue weighted by atomic mass is 35.5. The Balaban J connectivity index is 1.95. The number of nitrogens with zero attached hydrogens (tertiary/aromatic N) is 3. The fourth-order valence-corrected chi connectivity index (χ4v) is 2.84. The quantitative estimate of drug-likeness (QED) is 0.873. The predicted octanol–water partition coefficient (Wildman–Crippen LogP) is 2.56. The van der Waals surface area contributed by atoms with Gasteiger partial charge in [-0.1, -0.05) is 24.6 Å². The molecule has 0 atom stereocenters. The van der Waals surface area contributed by atoms with E-state index in [0.717, 1.165) is 17.8 Å². The molecule has 2 aromatic rings. The van der Waals surface area contributed by atoms with Crippen LogP contribution in [0.4, 0.5) is 0 Å². The lowest BCUT2D eigenvalue weighted by atomic mass is 10.1. The van der Waals surface area contributed by atoms with Gasteiger partial charge in [0, 0.05) is 18.1 Å². The topological polar surface area (TPSA) is 47.4 Å². The Morgan fingerprint density at radius 1 is 1.36 bits per heavy atom. The van der Waals surface area contributed by atoms with Crippen molar-refractivity contribution in [3.05, 3.63) is 46.7 Å². The molecule has 1 saturated heterocycles. The molecule has 0 unspecified atom stereocenters. The summed E-state index contributed by atoms with van der Waals surface area (Å²) >= 11 is 6.05. The van der Waals surface area contributed by atoms with Gasteiger partial charge in [0.1, 0.15) is 0 Å². The third kappa shape index (κ3) is 2.87. The predicted molar refractivity (Wildman–Crippen MR) is 84.7 cm³/mol. The lowest BCUT2D eigenvalue weighted by Crippen LogP contribution is -2.40. The molecule has 1 aliphatic heterocycles. The fraction of sp³-hybridized carbons (Fsp3) is 0.375. The molecule has 0 radical (unpaired) electrons. The van der Waals surface area contributed by atoms with E-state index in [1.807, 2.05) is 36.1 Å². The maximum atomic E-state index is 12.7. The van der Waals surface area contributed by atoms with Gasteiger partial charge in [-0.25, -0.2) is 4.68 Å². The Hall–Kier alpha value is -1.85. The van der Waals surface area contributed by atoms with Gasteiger partial charge in [-0.3, -0.25) is 4.79 Å². The third-order valence-corrected chi connectivity index (χ3v) is 4.02. The smallest absolute Gasteiger partial charge is 0.257 e. The molecule has 0 saturated carbocycles. The van der Waals surface area contributed by atoms with Crippen molar-refractivity contribution in [3.63, 3.8) is 0 Å². The molecule has 22 heavy (non-hydrogen) atoms. The second kappa shape index (κ2) is 6.50. The minimum Gasteiger partial charge on any atom is -0.378 e. The van der Waals surface area contributed by atoms with E-state index in [4.69, 9.17) is 16.3 Å². The molecular weight excluding hydrogens is 302 g/mol. The van der Waals surface area contributed by atoms with Gasteiger partial charge >= 0.3 is 0 Å². The summed E-state index contributed by atoms with van der Waals surface area (Å²) < 4.78 is 7.09. The largest absolute Gasteiger partial charge is 0.378 e. The van der Waals surface area contributed by atoms with E-state index >= 15 is 0 Å². The normalized spacial score (nSPS) is 15.1. The van der Waals surface area contributed by atoms with Crippen molar-refractivity contribution in [3.8, 4) is 5.69 Å². The summed E-state index contributed by atoms with van der Waals surface area (Å²) in [6.07, 6.45) is 2.37. The molecule has 5 nitrogen and oxygen atoms in total. The van der Waals surface area contributed by atoms with E-state index < -0.39 is 0 Å². The first-order chi connectivity index (χ1) is 10.7. The van der Waals surface area contributed by atoms with Crippen LogP contribution in [0.15, 0.2) is 30.5 Å². The van der Waals surface area contributed by atoms with E-state index in [0.29, 0.717) is 36.9 Å². The van der Waals surface area contributed by atoms with Crippen molar-refractivity contribution in [1.29, 1.82) is 0 Å². The zero-order valence-corrected chi connectivity index (χ0v) is 13.2. The molecule has 2 heterocycles. The molecule has 0 bridgehead atoms. The average Bonchev–Trinajstić information content (AvgIpc) is 2.99. The Morgan fingerprint density at radius 3 is 2.82 bits per heavy atom. The Labute approximate surface area is 134 Å². The zero-order chi connectivity index (χ0) is 15.5. The van der Waals surface area contributed by atoms with E-state index in [2.05, 4.69) is 5.10 Å². The summed E-state index contributed by atoms with van der Waals surface area (Å²) in [5, 5.41) is 5.04. The number of carbonyl (C=O) groups is 1. The molecule has 1 aromatic heterocycles. The van der Waals surface area contributed by atoms with Crippen LogP contribution in [0.5, 0.6) is 0 Å². The maximum absolute atomic E-state index is 12.7. The molecule has 116 valence electrons. The van der Waals surface area contributed by atoms with Crippen molar-refractivity contribution in [1.82, 2.24) is 14.7 Å². The van der Waals surface area contributed by atoms with E-state index in [1.54, 1.807) is 10.9 Å². The number of benzene rings is 1. The number of aromatic nitrogens is 2. The fourth-order valence-electron chi connectivity index (χ4n) is 2.66. The van der Waals surface area contributed by atoms with E-state index in [-0.39, 0.29) is 5.91 Å². The summed E-state index contributed by atoms with van der Waals surface area (Å²) in [5.74, 6) is 0.0217. The Bertz CT molecular complexity index is 678. The van der Waals surface area contributed by atoms with Crippen LogP contribution in [-0.4, -0.2) is 46.9 Å². The number of halogens is 1. The van der Waals surface area contributed by atoms with Gasteiger partial charge in [0.2, 0.25) is 0 Å². The van der Waals surface area contributed by atoms with E-state index in [1.165, 1.54) is 0 Å². The number of ether oxygens (including phenoxy) is 1. The molecule has 1 amide bonds. The first-order valence-electron chi connectivity index (χ1n) is 7.40. The van der Waals surface area contributed by atoms with Crippen LogP contribution in [0.25, 0.3) is 5.69 Å². The first kappa shape index (κ1) is 15.1. The summed E-state index contributed by atoms with van der Waals surface area (Å²) in [5.41, 5.74) is 2.42. The minimum atomic E-state index is 0.0217. The van der Waals surface area contributed by atoms with Crippen LogP contribution in [0.2, 0.25) is 5.02 Å². The maximum Gasteiger partial charge on any atom is 0.257 e. The third-order valence-electron chi connectivity index (χ3n) is 3.79. The van der Waals surface area contributed by atoms with Gasteiger partial charge in [-0.05, 0) is 24.6 Å². The van der Waals surface area contributed by atoms with Crippen molar-refractivity contribution in [2.24, 2.45) is 0 Å². The molecule has 0 spiro atoms. The number of carbonyl (C=O) groups excluding carboxylic acids is 1. The molecule has 0 N–H and O–H groups in total. The van der Waals surface area contributed by atoms with Crippen LogP contribution >= 0.6 is 11.6 Å². The highest BCUT2D eigenvalue weighted by molar-refractivity contribution is 6.30. The molecule has 0 aliphatic carbocycles. The van der Waals surface area contributed by atoms with Crippen molar-refractivity contribution in [2.75, 3.05) is 26.3 Å². The summed E-state index contributed by atoms with van der Waals surface area (Å²) in [7, 11) is 0. The standard InChI is InChI=1S/C16H18ClN3O2/c1-2-15-14(16(21)19-6-8-22-9-7-19)11-18-20(15)13-5-3-4-12(17)10-13/h3-5,10-11H,2,6-9H2,1H3. The average molecular weight is 320 g/mol. The lowest BCUT2D eigenvalue weighted by Gasteiger charge is -2.26.